The van der Waals surface area contributed by atoms with E-state index >= 15 is 0 Å². The van der Waals surface area contributed by atoms with Gasteiger partial charge >= 0.3 is 5.97 Å². The zero-order chi connectivity index (χ0) is 20.2. The van der Waals surface area contributed by atoms with E-state index in [2.05, 4.69) is 22.4 Å². The summed E-state index contributed by atoms with van der Waals surface area (Å²) in [4.78, 5) is 28.9. The van der Waals surface area contributed by atoms with Crippen LogP contribution in [0.25, 0.3) is 11.0 Å². The summed E-state index contributed by atoms with van der Waals surface area (Å²) in [6.07, 6.45) is 2.98. The Hall–Kier alpha value is -2.80. The number of nitrogens with zero attached hydrogens (tertiary/aromatic N) is 2. The number of hydrogen-bond acceptors (Lipinski definition) is 5. The number of carbonyl (C=O) groups excluding carboxylic acids is 2. The molecule has 0 aliphatic heterocycles. The predicted molar refractivity (Wildman–Crippen MR) is 113 cm³/mol. The minimum absolute atomic E-state index is 0.0134. The van der Waals surface area contributed by atoms with Crippen molar-refractivity contribution in [3.8, 4) is 0 Å². The van der Waals surface area contributed by atoms with Crippen LogP contribution in [0.3, 0.4) is 0 Å². The fourth-order valence-electron chi connectivity index (χ4n) is 3.70. The molecule has 1 atom stereocenters. The minimum Gasteiger partial charge on any atom is -0.455 e. The average Bonchev–Trinajstić information content (AvgIpc) is 3.07. The van der Waals surface area contributed by atoms with E-state index in [1.165, 1.54) is 17.3 Å². The predicted octanol–water partition coefficient (Wildman–Crippen LogP) is 3.40. The van der Waals surface area contributed by atoms with Crippen LogP contribution in [0.2, 0.25) is 0 Å². The molecule has 150 valence electrons. The first-order valence-corrected chi connectivity index (χ1v) is 10.7. The number of thioether (sulfide) groups is 1. The summed E-state index contributed by atoms with van der Waals surface area (Å²) in [7, 11) is 1.92. The third-order valence-electron chi connectivity index (χ3n) is 5.13. The number of aromatic nitrogens is 2. The zero-order valence-electron chi connectivity index (χ0n) is 16.3. The highest BCUT2D eigenvalue weighted by atomic mass is 32.2. The lowest BCUT2D eigenvalue weighted by Crippen LogP contribution is -2.34. The lowest BCUT2D eigenvalue weighted by atomic mass is 9.88. The van der Waals surface area contributed by atoms with E-state index in [0.717, 1.165) is 41.0 Å². The standard InChI is InChI=1S/C22H23N3O3S/c1-25-19-12-5-4-10-18(19)24-22(25)29-14-21(27)28-13-20(26)23-17-11-6-8-15-7-2-3-9-16(15)17/h2-5,7,9-10,12,17H,6,8,11,13-14H2,1H3,(H,23,26). The average molecular weight is 410 g/mol. The molecule has 0 radical (unpaired) electrons. The molecule has 0 bridgehead atoms. The molecule has 0 spiro atoms. The van der Waals surface area contributed by atoms with E-state index < -0.39 is 5.97 Å². The first kappa shape index (κ1) is 19.5. The van der Waals surface area contributed by atoms with E-state index in [-0.39, 0.29) is 24.3 Å². The molecule has 1 aliphatic carbocycles. The fraction of sp³-hybridized carbons (Fsp3) is 0.318. The summed E-state index contributed by atoms with van der Waals surface area (Å²) < 4.78 is 7.11. The Morgan fingerprint density at radius 2 is 2.00 bits per heavy atom. The van der Waals surface area contributed by atoms with E-state index in [1.54, 1.807) is 0 Å². The summed E-state index contributed by atoms with van der Waals surface area (Å²) >= 11 is 1.30. The minimum atomic E-state index is -0.429. The Kier molecular flexibility index (Phi) is 5.85. The third kappa shape index (κ3) is 4.45. The van der Waals surface area contributed by atoms with Gasteiger partial charge in [0.25, 0.3) is 5.91 Å². The van der Waals surface area contributed by atoms with Crippen molar-refractivity contribution in [3.05, 3.63) is 59.7 Å². The van der Waals surface area contributed by atoms with E-state index in [0.29, 0.717) is 0 Å². The molecule has 1 aromatic heterocycles. The quantitative estimate of drug-likeness (QED) is 0.499. The molecule has 29 heavy (non-hydrogen) atoms. The number of amides is 1. The summed E-state index contributed by atoms with van der Waals surface area (Å²) in [6, 6.07) is 16.0. The molecule has 3 aromatic rings. The number of hydrogen-bond donors (Lipinski definition) is 1. The molecule has 0 fully saturated rings. The highest BCUT2D eigenvalue weighted by Crippen LogP contribution is 2.29. The number of aryl methyl sites for hydroxylation is 2. The smallest absolute Gasteiger partial charge is 0.316 e. The van der Waals surface area contributed by atoms with Crippen molar-refractivity contribution in [1.29, 1.82) is 0 Å². The van der Waals surface area contributed by atoms with Crippen molar-refractivity contribution in [2.75, 3.05) is 12.4 Å². The Balaban J connectivity index is 1.26. The fourth-order valence-corrected chi connectivity index (χ4v) is 4.49. The van der Waals surface area contributed by atoms with Crippen molar-refractivity contribution in [1.82, 2.24) is 14.9 Å². The van der Waals surface area contributed by atoms with Gasteiger partial charge in [0.2, 0.25) is 0 Å². The van der Waals surface area contributed by atoms with Gasteiger partial charge in [-0.05, 0) is 42.5 Å². The molecule has 4 rings (SSSR count). The SMILES string of the molecule is Cn1c(SCC(=O)OCC(=O)NC2CCCc3ccccc32)nc2ccccc21. The van der Waals surface area contributed by atoms with Crippen molar-refractivity contribution in [2.45, 2.75) is 30.5 Å². The summed E-state index contributed by atoms with van der Waals surface area (Å²) in [6.45, 7) is -0.263. The van der Waals surface area contributed by atoms with Crippen LogP contribution in [0.4, 0.5) is 0 Å². The molecule has 7 heteroatoms. The number of benzene rings is 2. The van der Waals surface area contributed by atoms with Crippen LogP contribution in [-0.2, 0) is 27.8 Å². The van der Waals surface area contributed by atoms with Crippen LogP contribution >= 0.6 is 11.8 Å². The van der Waals surface area contributed by atoms with Crippen LogP contribution in [0.1, 0.15) is 30.0 Å². The third-order valence-corrected chi connectivity index (χ3v) is 6.14. The Morgan fingerprint density at radius 1 is 1.21 bits per heavy atom. The van der Waals surface area contributed by atoms with Crippen LogP contribution in [0.5, 0.6) is 0 Å². The van der Waals surface area contributed by atoms with Gasteiger partial charge in [0, 0.05) is 7.05 Å². The molecule has 1 heterocycles. The Labute approximate surface area is 173 Å². The molecular formula is C22H23N3O3S. The molecule has 1 unspecified atom stereocenters. The van der Waals surface area contributed by atoms with Gasteiger partial charge in [-0.1, -0.05) is 48.2 Å². The topological polar surface area (TPSA) is 73.2 Å². The monoisotopic (exact) mass is 409 g/mol. The lowest BCUT2D eigenvalue weighted by molar-refractivity contribution is -0.146. The van der Waals surface area contributed by atoms with Gasteiger partial charge in [0.1, 0.15) is 0 Å². The highest BCUT2D eigenvalue weighted by molar-refractivity contribution is 7.99. The maximum Gasteiger partial charge on any atom is 0.316 e. The highest BCUT2D eigenvalue weighted by Gasteiger charge is 2.22. The van der Waals surface area contributed by atoms with Crippen LogP contribution in [0.15, 0.2) is 53.7 Å². The Morgan fingerprint density at radius 3 is 2.86 bits per heavy atom. The molecule has 0 saturated heterocycles. The number of fused-ring (bicyclic) bond motifs is 2. The number of nitrogens with one attached hydrogen (secondary N) is 1. The van der Waals surface area contributed by atoms with Crippen LogP contribution in [0, 0.1) is 0 Å². The van der Waals surface area contributed by atoms with Crippen molar-refractivity contribution >= 4 is 34.7 Å². The van der Waals surface area contributed by atoms with E-state index in [9.17, 15) is 9.59 Å². The van der Waals surface area contributed by atoms with Gasteiger partial charge in [-0.2, -0.15) is 0 Å². The number of esters is 1. The molecule has 6 nitrogen and oxygen atoms in total. The number of para-hydroxylation sites is 2. The molecular weight excluding hydrogens is 386 g/mol. The van der Waals surface area contributed by atoms with Gasteiger partial charge in [0.15, 0.2) is 11.8 Å². The van der Waals surface area contributed by atoms with Gasteiger partial charge in [-0.15, -0.1) is 0 Å². The second-order valence-corrected chi connectivity index (χ2v) is 8.05. The first-order valence-electron chi connectivity index (χ1n) is 9.69. The van der Waals surface area contributed by atoms with Gasteiger partial charge in [-0.3, -0.25) is 9.59 Å². The molecule has 1 amide bonds. The summed E-state index contributed by atoms with van der Waals surface area (Å²) in [5.74, 6) is -0.592. The van der Waals surface area contributed by atoms with Crippen molar-refractivity contribution in [3.63, 3.8) is 0 Å². The summed E-state index contributed by atoms with van der Waals surface area (Å²) in [5, 5.41) is 3.73. The van der Waals surface area contributed by atoms with Crippen LogP contribution < -0.4 is 5.32 Å². The maximum atomic E-state index is 12.3. The van der Waals surface area contributed by atoms with Gasteiger partial charge < -0.3 is 14.6 Å². The van der Waals surface area contributed by atoms with Crippen molar-refractivity contribution in [2.24, 2.45) is 7.05 Å². The normalized spacial score (nSPS) is 15.7. The largest absolute Gasteiger partial charge is 0.455 e. The second kappa shape index (κ2) is 8.69. The zero-order valence-corrected chi connectivity index (χ0v) is 17.1. The second-order valence-electron chi connectivity index (χ2n) is 7.10. The van der Waals surface area contributed by atoms with Crippen molar-refractivity contribution < 1.29 is 14.3 Å². The molecule has 2 aromatic carbocycles. The molecule has 0 saturated carbocycles. The number of imidazole rings is 1. The maximum absolute atomic E-state index is 12.3. The van der Waals surface area contributed by atoms with Gasteiger partial charge in [-0.25, -0.2) is 4.98 Å². The van der Waals surface area contributed by atoms with E-state index in [1.807, 2.05) is 48.0 Å². The first-order chi connectivity index (χ1) is 14.1. The summed E-state index contributed by atoms with van der Waals surface area (Å²) in [5.41, 5.74) is 4.34. The molecule has 1 aliphatic rings. The number of carbonyl (C=O) groups is 2. The number of ether oxygens (including phenoxy) is 1. The van der Waals surface area contributed by atoms with Gasteiger partial charge in [0.05, 0.1) is 22.8 Å². The van der Waals surface area contributed by atoms with E-state index in [4.69, 9.17) is 4.74 Å². The number of rotatable bonds is 6. The molecule has 1 N–H and O–H groups in total. The van der Waals surface area contributed by atoms with Crippen LogP contribution in [-0.4, -0.2) is 33.8 Å². The lowest BCUT2D eigenvalue weighted by Gasteiger charge is -2.26. The Bertz CT molecular complexity index is 1050.